The average molecular weight is 397 g/mol. The molecule has 0 spiro atoms. The summed E-state index contributed by atoms with van der Waals surface area (Å²) in [5.74, 6) is -0.467. The first kappa shape index (κ1) is 20.2. The monoisotopic (exact) mass is 397 g/mol. The molecule has 3 rings (SSSR count). The number of amides is 1. The highest BCUT2D eigenvalue weighted by atomic mass is 19.4. The second-order valence-electron chi connectivity index (χ2n) is 6.34. The van der Waals surface area contributed by atoms with E-state index in [0.717, 1.165) is 16.7 Å². The van der Waals surface area contributed by atoms with Crippen LogP contribution in [0.3, 0.4) is 0 Å². The highest BCUT2D eigenvalue weighted by molar-refractivity contribution is 6.04. The quantitative estimate of drug-likeness (QED) is 0.512. The Hall–Kier alpha value is -3.54. The second-order valence-corrected chi connectivity index (χ2v) is 6.34. The summed E-state index contributed by atoms with van der Waals surface area (Å²) in [4.78, 5) is 12.4. The number of rotatable bonds is 5. The van der Waals surface area contributed by atoms with Gasteiger partial charge in [0.2, 0.25) is 0 Å². The van der Waals surface area contributed by atoms with Gasteiger partial charge in [-0.2, -0.15) is 0 Å². The molecule has 29 heavy (non-hydrogen) atoms. The molecule has 1 amide bonds. The highest BCUT2D eigenvalue weighted by Crippen LogP contribution is 2.24. The molecule has 3 aromatic rings. The molecular formula is C23H18F3NO2. The largest absolute Gasteiger partial charge is 0.573 e. The minimum atomic E-state index is -4.71. The van der Waals surface area contributed by atoms with Crippen LogP contribution >= 0.6 is 0 Å². The number of anilines is 1. The Bertz CT molecular complexity index is 1010. The van der Waals surface area contributed by atoms with E-state index in [2.05, 4.69) is 10.1 Å². The number of aryl methyl sites for hydroxylation is 1. The molecule has 3 nitrogen and oxygen atoms in total. The minimum Gasteiger partial charge on any atom is -0.406 e. The summed E-state index contributed by atoms with van der Waals surface area (Å²) in [7, 11) is 0. The zero-order chi connectivity index (χ0) is 20.9. The van der Waals surface area contributed by atoms with Crippen LogP contribution in [-0.4, -0.2) is 12.3 Å². The van der Waals surface area contributed by atoms with Crippen LogP contribution in [-0.2, 0) is 0 Å². The molecule has 0 saturated heterocycles. The fraction of sp³-hybridized carbons (Fsp3) is 0.0870. The van der Waals surface area contributed by atoms with Gasteiger partial charge in [0.1, 0.15) is 5.75 Å². The van der Waals surface area contributed by atoms with Crippen LogP contribution in [0, 0.1) is 6.92 Å². The number of halogens is 3. The first-order chi connectivity index (χ1) is 13.8. The van der Waals surface area contributed by atoms with E-state index in [4.69, 9.17) is 0 Å². The number of benzene rings is 3. The van der Waals surface area contributed by atoms with E-state index in [0.29, 0.717) is 11.3 Å². The van der Waals surface area contributed by atoms with Crippen molar-refractivity contribution in [2.45, 2.75) is 13.3 Å². The molecule has 0 aliphatic heterocycles. The van der Waals surface area contributed by atoms with Crippen LogP contribution in [0.5, 0.6) is 5.75 Å². The summed E-state index contributed by atoms with van der Waals surface area (Å²) in [6, 6.07) is 20.1. The van der Waals surface area contributed by atoms with Gasteiger partial charge in [-0.15, -0.1) is 13.2 Å². The molecule has 0 aromatic heterocycles. The van der Waals surface area contributed by atoms with Gasteiger partial charge in [0.25, 0.3) is 5.91 Å². The maximum absolute atomic E-state index is 12.4. The van der Waals surface area contributed by atoms with Gasteiger partial charge in [0, 0.05) is 11.3 Å². The Balaban J connectivity index is 1.71. The van der Waals surface area contributed by atoms with Crippen molar-refractivity contribution >= 4 is 23.7 Å². The van der Waals surface area contributed by atoms with Gasteiger partial charge in [0.05, 0.1) is 0 Å². The lowest BCUT2D eigenvalue weighted by Gasteiger charge is -2.10. The van der Waals surface area contributed by atoms with Gasteiger partial charge >= 0.3 is 6.36 Å². The van der Waals surface area contributed by atoms with Crippen LogP contribution in [0.1, 0.15) is 27.0 Å². The summed E-state index contributed by atoms with van der Waals surface area (Å²) < 4.78 is 40.5. The average Bonchev–Trinajstić information content (AvgIpc) is 2.69. The molecule has 3 aromatic carbocycles. The molecule has 1 N–H and O–H groups in total. The van der Waals surface area contributed by atoms with Crippen LogP contribution in [0.4, 0.5) is 18.9 Å². The first-order valence-corrected chi connectivity index (χ1v) is 8.81. The topological polar surface area (TPSA) is 38.3 Å². The van der Waals surface area contributed by atoms with Crippen LogP contribution in [0.15, 0.2) is 72.8 Å². The van der Waals surface area contributed by atoms with Crippen molar-refractivity contribution in [3.05, 3.63) is 95.1 Å². The predicted molar refractivity (Wildman–Crippen MR) is 108 cm³/mol. The standard InChI is InChI=1S/C23H18F3NO2/c1-16-7-8-18(15-21(16)27-22(28)19-5-3-2-4-6-19)10-9-17-11-13-20(14-12-17)29-23(24,25)26/h2-15H,1H3,(H,27,28)/b10-9+. The number of carbonyl (C=O) groups excluding carboxylic acids is 1. The van der Waals surface area contributed by atoms with E-state index in [1.807, 2.05) is 37.3 Å². The molecular weight excluding hydrogens is 379 g/mol. The first-order valence-electron chi connectivity index (χ1n) is 8.81. The van der Waals surface area contributed by atoms with Gasteiger partial charge in [-0.25, -0.2) is 0 Å². The van der Waals surface area contributed by atoms with Crippen LogP contribution in [0.2, 0.25) is 0 Å². The maximum Gasteiger partial charge on any atom is 0.573 e. The smallest absolute Gasteiger partial charge is 0.406 e. The highest BCUT2D eigenvalue weighted by Gasteiger charge is 2.30. The minimum absolute atomic E-state index is 0.199. The van der Waals surface area contributed by atoms with Crippen LogP contribution in [0.25, 0.3) is 12.2 Å². The predicted octanol–water partition coefficient (Wildman–Crippen LogP) is 6.32. The van der Waals surface area contributed by atoms with Crippen LogP contribution < -0.4 is 10.1 Å². The Morgan fingerprint density at radius 1 is 0.897 bits per heavy atom. The van der Waals surface area contributed by atoms with E-state index in [1.54, 1.807) is 30.3 Å². The number of ether oxygens (including phenoxy) is 1. The lowest BCUT2D eigenvalue weighted by Crippen LogP contribution is -2.16. The molecule has 0 saturated carbocycles. The number of nitrogens with one attached hydrogen (secondary N) is 1. The van der Waals surface area contributed by atoms with E-state index >= 15 is 0 Å². The Kier molecular flexibility index (Phi) is 6.02. The van der Waals surface area contributed by atoms with Crippen molar-refractivity contribution in [3.63, 3.8) is 0 Å². The number of hydrogen-bond donors (Lipinski definition) is 1. The second kappa shape index (κ2) is 8.65. The molecule has 0 aliphatic rings. The summed E-state index contributed by atoms with van der Waals surface area (Å²) >= 11 is 0. The zero-order valence-corrected chi connectivity index (χ0v) is 15.5. The van der Waals surface area contributed by atoms with Gasteiger partial charge in [-0.3, -0.25) is 4.79 Å². The summed E-state index contributed by atoms with van der Waals surface area (Å²) in [6.07, 6.45) is -1.12. The third-order valence-electron chi connectivity index (χ3n) is 4.13. The fourth-order valence-corrected chi connectivity index (χ4v) is 2.64. The van der Waals surface area contributed by atoms with Crippen molar-refractivity contribution in [1.29, 1.82) is 0 Å². The fourth-order valence-electron chi connectivity index (χ4n) is 2.64. The third-order valence-corrected chi connectivity index (χ3v) is 4.13. The summed E-state index contributed by atoms with van der Waals surface area (Å²) in [5.41, 5.74) is 3.73. The molecule has 0 bridgehead atoms. The van der Waals surface area contributed by atoms with E-state index in [1.165, 1.54) is 24.3 Å². The Morgan fingerprint density at radius 2 is 1.52 bits per heavy atom. The normalized spacial score (nSPS) is 11.4. The van der Waals surface area contributed by atoms with Gasteiger partial charge < -0.3 is 10.1 Å². The molecule has 0 atom stereocenters. The number of alkyl halides is 3. The van der Waals surface area contributed by atoms with Crippen molar-refractivity contribution in [2.75, 3.05) is 5.32 Å². The van der Waals surface area contributed by atoms with Crippen molar-refractivity contribution in [3.8, 4) is 5.75 Å². The Labute approximate surface area is 166 Å². The molecule has 6 heteroatoms. The van der Waals surface area contributed by atoms with Crippen molar-refractivity contribution in [2.24, 2.45) is 0 Å². The van der Waals surface area contributed by atoms with Crippen molar-refractivity contribution < 1.29 is 22.7 Å². The van der Waals surface area contributed by atoms with Gasteiger partial charge in [0.15, 0.2) is 0 Å². The molecule has 0 aliphatic carbocycles. The lowest BCUT2D eigenvalue weighted by molar-refractivity contribution is -0.274. The van der Waals surface area contributed by atoms with Gasteiger partial charge in [-0.1, -0.05) is 54.6 Å². The molecule has 0 heterocycles. The van der Waals surface area contributed by atoms with E-state index in [9.17, 15) is 18.0 Å². The molecule has 148 valence electrons. The molecule has 0 unspecified atom stereocenters. The summed E-state index contributed by atoms with van der Waals surface area (Å²) in [6.45, 7) is 1.90. The van der Waals surface area contributed by atoms with Gasteiger partial charge in [-0.05, 0) is 53.9 Å². The number of hydrogen-bond acceptors (Lipinski definition) is 2. The SMILES string of the molecule is Cc1ccc(/C=C/c2ccc(OC(F)(F)F)cc2)cc1NC(=O)c1ccccc1. The van der Waals surface area contributed by atoms with Crippen molar-refractivity contribution in [1.82, 2.24) is 0 Å². The summed E-state index contributed by atoms with van der Waals surface area (Å²) in [5, 5.41) is 2.90. The molecule has 0 fully saturated rings. The third kappa shape index (κ3) is 5.97. The lowest BCUT2D eigenvalue weighted by atomic mass is 10.1. The molecule has 0 radical (unpaired) electrons. The van der Waals surface area contributed by atoms with E-state index in [-0.39, 0.29) is 11.7 Å². The van der Waals surface area contributed by atoms with E-state index < -0.39 is 6.36 Å². The maximum atomic E-state index is 12.4. The zero-order valence-electron chi connectivity index (χ0n) is 15.5. The Morgan fingerprint density at radius 3 is 2.17 bits per heavy atom. The number of carbonyl (C=O) groups is 1.